The highest BCUT2D eigenvalue weighted by Crippen LogP contribution is 2.17. The zero-order valence-corrected chi connectivity index (χ0v) is 10.3. The molecule has 1 aromatic heterocycles. The van der Waals surface area contributed by atoms with E-state index in [9.17, 15) is 4.39 Å². The normalized spacial score (nSPS) is 10.6. The lowest BCUT2D eigenvalue weighted by atomic mass is 10.1. The Kier molecular flexibility index (Phi) is 3.38. The van der Waals surface area contributed by atoms with Crippen molar-refractivity contribution in [1.29, 1.82) is 5.26 Å². The molecule has 0 N–H and O–H groups in total. The van der Waals surface area contributed by atoms with Gasteiger partial charge in [-0.25, -0.2) is 9.07 Å². The smallest absolute Gasteiger partial charge is 0.186 e. The van der Waals surface area contributed by atoms with E-state index in [2.05, 4.69) is 10.3 Å². The summed E-state index contributed by atoms with van der Waals surface area (Å²) in [6, 6.07) is 8.11. The van der Waals surface area contributed by atoms with Gasteiger partial charge in [-0.05, 0) is 30.5 Å². The number of rotatable bonds is 3. The van der Waals surface area contributed by atoms with Crippen LogP contribution >= 0.6 is 0 Å². The number of halogens is 1. The minimum atomic E-state index is -0.336. The average molecular weight is 244 g/mol. The number of aromatic nitrogens is 3. The van der Waals surface area contributed by atoms with Gasteiger partial charge < -0.3 is 0 Å². The molecule has 0 unspecified atom stereocenters. The third kappa shape index (κ3) is 2.38. The third-order valence-electron chi connectivity index (χ3n) is 2.52. The molecule has 2 aromatic rings. The van der Waals surface area contributed by atoms with Crippen LogP contribution in [-0.4, -0.2) is 15.0 Å². The molecule has 2 rings (SSSR count). The number of nitriles is 1. The van der Waals surface area contributed by atoms with Gasteiger partial charge >= 0.3 is 0 Å². The molecule has 0 aliphatic heterocycles. The van der Waals surface area contributed by atoms with Crippen molar-refractivity contribution >= 4 is 0 Å². The fourth-order valence-electron chi connectivity index (χ4n) is 1.77. The molecule has 18 heavy (non-hydrogen) atoms. The Labute approximate surface area is 105 Å². The van der Waals surface area contributed by atoms with E-state index in [1.807, 2.05) is 19.9 Å². The summed E-state index contributed by atoms with van der Waals surface area (Å²) in [5.41, 5.74) is 1.60. The maximum Gasteiger partial charge on any atom is 0.186 e. The van der Waals surface area contributed by atoms with Crippen LogP contribution in [0.2, 0.25) is 0 Å². The topological polar surface area (TPSA) is 54.5 Å². The molecule has 0 amide bonds. The van der Waals surface area contributed by atoms with Crippen LogP contribution in [0.15, 0.2) is 24.3 Å². The highest BCUT2D eigenvalue weighted by molar-refractivity contribution is 5.36. The molecule has 92 valence electrons. The van der Waals surface area contributed by atoms with E-state index in [0.29, 0.717) is 23.7 Å². The van der Waals surface area contributed by atoms with Crippen molar-refractivity contribution in [2.24, 2.45) is 5.92 Å². The zero-order valence-electron chi connectivity index (χ0n) is 10.3. The standard InChI is InChI=1S/C13H13FN4/c1-9(2)6-13-12(8-15)16-17-18(13)11-5-3-4-10(14)7-11/h3-5,7,9H,6H2,1-2H3. The lowest BCUT2D eigenvalue weighted by Gasteiger charge is -2.08. The van der Waals surface area contributed by atoms with Gasteiger partial charge in [-0.1, -0.05) is 25.1 Å². The monoisotopic (exact) mass is 244 g/mol. The van der Waals surface area contributed by atoms with Crippen molar-refractivity contribution in [2.75, 3.05) is 0 Å². The van der Waals surface area contributed by atoms with Gasteiger partial charge in [-0.15, -0.1) is 5.10 Å². The van der Waals surface area contributed by atoms with Crippen LogP contribution in [0.5, 0.6) is 0 Å². The van der Waals surface area contributed by atoms with Crippen LogP contribution in [0.3, 0.4) is 0 Å². The van der Waals surface area contributed by atoms with Gasteiger partial charge in [0.1, 0.15) is 11.9 Å². The van der Waals surface area contributed by atoms with Crippen molar-refractivity contribution in [2.45, 2.75) is 20.3 Å². The molecular formula is C13H13FN4. The first-order valence-corrected chi connectivity index (χ1v) is 5.72. The Bertz CT molecular complexity index is 595. The molecule has 0 saturated carbocycles. The summed E-state index contributed by atoms with van der Waals surface area (Å²) in [6.07, 6.45) is 0.673. The van der Waals surface area contributed by atoms with Crippen LogP contribution < -0.4 is 0 Å². The Balaban J connectivity index is 2.51. The molecule has 1 heterocycles. The lowest BCUT2D eigenvalue weighted by molar-refractivity contribution is 0.606. The number of nitrogens with zero attached hydrogens (tertiary/aromatic N) is 4. The number of benzene rings is 1. The van der Waals surface area contributed by atoms with E-state index < -0.39 is 0 Å². The summed E-state index contributed by atoms with van der Waals surface area (Å²) >= 11 is 0. The SMILES string of the molecule is CC(C)Cc1c(C#N)nnn1-c1cccc(F)c1. The Hall–Kier alpha value is -2.22. The highest BCUT2D eigenvalue weighted by Gasteiger charge is 2.15. The molecule has 0 fully saturated rings. The van der Waals surface area contributed by atoms with E-state index in [-0.39, 0.29) is 5.82 Å². The molecule has 0 saturated heterocycles. The molecule has 0 aliphatic carbocycles. The van der Waals surface area contributed by atoms with Crippen LogP contribution in [-0.2, 0) is 6.42 Å². The second-order valence-electron chi connectivity index (χ2n) is 4.49. The summed E-state index contributed by atoms with van der Waals surface area (Å²) in [5, 5.41) is 16.8. The second kappa shape index (κ2) is 4.96. The van der Waals surface area contributed by atoms with Crippen molar-refractivity contribution in [3.63, 3.8) is 0 Å². The Morgan fingerprint density at radius 3 is 2.83 bits per heavy atom. The first-order chi connectivity index (χ1) is 8.61. The van der Waals surface area contributed by atoms with Crippen LogP contribution in [0.4, 0.5) is 4.39 Å². The molecule has 0 bridgehead atoms. The van der Waals surface area contributed by atoms with Crippen LogP contribution in [0.25, 0.3) is 5.69 Å². The molecular weight excluding hydrogens is 231 g/mol. The van der Waals surface area contributed by atoms with Gasteiger partial charge in [-0.2, -0.15) is 5.26 Å². The van der Waals surface area contributed by atoms with Gasteiger partial charge in [0, 0.05) is 0 Å². The zero-order chi connectivity index (χ0) is 13.1. The maximum atomic E-state index is 13.2. The summed E-state index contributed by atoms with van der Waals surface area (Å²) in [4.78, 5) is 0. The lowest BCUT2D eigenvalue weighted by Crippen LogP contribution is -2.06. The minimum absolute atomic E-state index is 0.299. The summed E-state index contributed by atoms with van der Waals surface area (Å²) in [5.74, 6) is 0.0277. The third-order valence-corrected chi connectivity index (χ3v) is 2.52. The number of hydrogen-bond donors (Lipinski definition) is 0. The van der Waals surface area contributed by atoms with Crippen molar-refractivity contribution in [1.82, 2.24) is 15.0 Å². The quantitative estimate of drug-likeness (QED) is 0.833. The molecule has 0 aliphatic rings. The second-order valence-corrected chi connectivity index (χ2v) is 4.49. The van der Waals surface area contributed by atoms with E-state index >= 15 is 0 Å². The van der Waals surface area contributed by atoms with Gasteiger partial charge in [0.05, 0.1) is 11.4 Å². The molecule has 5 heteroatoms. The number of hydrogen-bond acceptors (Lipinski definition) is 3. The fourth-order valence-corrected chi connectivity index (χ4v) is 1.77. The van der Waals surface area contributed by atoms with E-state index in [1.54, 1.807) is 12.1 Å². The largest absolute Gasteiger partial charge is 0.216 e. The van der Waals surface area contributed by atoms with Gasteiger partial charge in [-0.3, -0.25) is 0 Å². The summed E-state index contributed by atoms with van der Waals surface area (Å²) in [7, 11) is 0. The molecule has 1 aromatic carbocycles. The predicted molar refractivity (Wildman–Crippen MR) is 64.6 cm³/mol. The van der Waals surface area contributed by atoms with Gasteiger partial charge in [0.2, 0.25) is 0 Å². The van der Waals surface area contributed by atoms with Gasteiger partial charge in [0.25, 0.3) is 0 Å². The first-order valence-electron chi connectivity index (χ1n) is 5.72. The van der Waals surface area contributed by atoms with E-state index in [0.717, 1.165) is 5.69 Å². The molecule has 4 nitrogen and oxygen atoms in total. The summed E-state index contributed by atoms with van der Waals surface area (Å²) < 4.78 is 14.7. The predicted octanol–water partition coefficient (Wildman–Crippen LogP) is 2.48. The van der Waals surface area contributed by atoms with Gasteiger partial charge in [0.15, 0.2) is 5.69 Å². The maximum absolute atomic E-state index is 13.2. The van der Waals surface area contributed by atoms with Crippen molar-refractivity contribution < 1.29 is 4.39 Å². The van der Waals surface area contributed by atoms with E-state index in [1.165, 1.54) is 16.8 Å². The summed E-state index contributed by atoms with van der Waals surface area (Å²) in [6.45, 7) is 4.09. The van der Waals surface area contributed by atoms with Crippen LogP contribution in [0.1, 0.15) is 25.2 Å². The molecule has 0 spiro atoms. The Morgan fingerprint density at radius 1 is 1.44 bits per heavy atom. The first kappa shape index (κ1) is 12.2. The molecule has 0 radical (unpaired) electrons. The Morgan fingerprint density at radius 2 is 2.22 bits per heavy atom. The fraction of sp³-hybridized carbons (Fsp3) is 0.308. The highest BCUT2D eigenvalue weighted by atomic mass is 19.1. The minimum Gasteiger partial charge on any atom is -0.216 e. The van der Waals surface area contributed by atoms with E-state index in [4.69, 9.17) is 5.26 Å². The molecule has 0 atom stereocenters. The van der Waals surface area contributed by atoms with Crippen LogP contribution in [0, 0.1) is 23.1 Å². The average Bonchev–Trinajstić information content (AvgIpc) is 2.71. The van der Waals surface area contributed by atoms with Crippen molar-refractivity contribution in [3.8, 4) is 11.8 Å². The van der Waals surface area contributed by atoms with Crippen molar-refractivity contribution in [3.05, 3.63) is 41.5 Å².